The van der Waals surface area contributed by atoms with E-state index in [4.69, 9.17) is 0 Å². The van der Waals surface area contributed by atoms with Crippen LogP contribution in [0.2, 0.25) is 0 Å². The monoisotopic (exact) mass is 215 g/mol. The number of nitro groups is 1. The standard InChI is InChI=1S/C11H9N3O2/c1-8-2-3-10(14(15)16)4-11(8)9-5-12-7-13-6-9/h2-7H,1H3. The SMILES string of the molecule is Cc1ccc([N+](=O)[O-])cc1-c1cncnc1. The van der Waals surface area contributed by atoms with Gasteiger partial charge in [-0.15, -0.1) is 0 Å². The molecule has 0 spiro atoms. The first-order chi connectivity index (χ1) is 7.68. The molecule has 16 heavy (non-hydrogen) atoms. The van der Waals surface area contributed by atoms with Gasteiger partial charge in [0, 0.05) is 30.1 Å². The summed E-state index contributed by atoms with van der Waals surface area (Å²) >= 11 is 0. The van der Waals surface area contributed by atoms with Crippen LogP contribution >= 0.6 is 0 Å². The molecule has 1 aromatic carbocycles. The summed E-state index contributed by atoms with van der Waals surface area (Å²) in [7, 11) is 0. The van der Waals surface area contributed by atoms with Gasteiger partial charge < -0.3 is 0 Å². The Labute approximate surface area is 91.9 Å². The summed E-state index contributed by atoms with van der Waals surface area (Å²) < 4.78 is 0. The van der Waals surface area contributed by atoms with Gasteiger partial charge in [-0.2, -0.15) is 0 Å². The molecule has 0 radical (unpaired) electrons. The molecule has 0 saturated heterocycles. The summed E-state index contributed by atoms with van der Waals surface area (Å²) in [5.41, 5.74) is 2.60. The van der Waals surface area contributed by atoms with Gasteiger partial charge in [0.1, 0.15) is 6.33 Å². The summed E-state index contributed by atoms with van der Waals surface area (Å²) in [4.78, 5) is 18.1. The Balaban J connectivity index is 2.56. The number of aryl methyl sites for hydroxylation is 1. The Bertz CT molecular complexity index is 526. The third-order valence-electron chi connectivity index (χ3n) is 2.30. The van der Waals surface area contributed by atoms with Crippen molar-refractivity contribution in [1.29, 1.82) is 0 Å². The second-order valence-corrected chi connectivity index (χ2v) is 3.38. The molecule has 80 valence electrons. The molecule has 0 saturated carbocycles. The lowest BCUT2D eigenvalue weighted by Gasteiger charge is -2.04. The van der Waals surface area contributed by atoms with Gasteiger partial charge >= 0.3 is 0 Å². The first-order valence-corrected chi connectivity index (χ1v) is 4.69. The van der Waals surface area contributed by atoms with Crippen LogP contribution in [0.3, 0.4) is 0 Å². The fourth-order valence-corrected chi connectivity index (χ4v) is 1.47. The molecule has 0 aliphatic carbocycles. The molecule has 0 aliphatic heterocycles. The van der Waals surface area contributed by atoms with E-state index in [1.807, 2.05) is 6.92 Å². The van der Waals surface area contributed by atoms with E-state index in [-0.39, 0.29) is 5.69 Å². The van der Waals surface area contributed by atoms with Gasteiger partial charge in [-0.1, -0.05) is 6.07 Å². The second kappa shape index (κ2) is 4.06. The predicted octanol–water partition coefficient (Wildman–Crippen LogP) is 2.36. The maximum Gasteiger partial charge on any atom is 0.270 e. The number of nitrogens with zero attached hydrogens (tertiary/aromatic N) is 3. The van der Waals surface area contributed by atoms with Crippen LogP contribution in [0.25, 0.3) is 11.1 Å². The van der Waals surface area contributed by atoms with Gasteiger partial charge in [0.15, 0.2) is 0 Å². The summed E-state index contributed by atoms with van der Waals surface area (Å²) in [6.07, 6.45) is 4.70. The predicted molar refractivity (Wildman–Crippen MR) is 58.9 cm³/mol. The van der Waals surface area contributed by atoms with Crippen LogP contribution in [0.1, 0.15) is 5.56 Å². The molecular weight excluding hydrogens is 206 g/mol. The topological polar surface area (TPSA) is 68.9 Å². The third-order valence-corrected chi connectivity index (χ3v) is 2.30. The Morgan fingerprint density at radius 2 is 1.94 bits per heavy atom. The van der Waals surface area contributed by atoms with E-state index < -0.39 is 4.92 Å². The first-order valence-electron chi connectivity index (χ1n) is 4.69. The zero-order valence-electron chi connectivity index (χ0n) is 8.62. The Morgan fingerprint density at radius 3 is 2.56 bits per heavy atom. The quantitative estimate of drug-likeness (QED) is 0.569. The molecular formula is C11H9N3O2. The number of hydrogen-bond donors (Lipinski definition) is 0. The highest BCUT2D eigenvalue weighted by Gasteiger charge is 2.10. The smallest absolute Gasteiger partial charge is 0.258 e. The van der Waals surface area contributed by atoms with Crippen LogP contribution in [-0.2, 0) is 0 Å². The molecule has 5 heteroatoms. The van der Waals surface area contributed by atoms with Crippen molar-refractivity contribution in [3.8, 4) is 11.1 Å². The average Bonchev–Trinajstić information content (AvgIpc) is 2.30. The maximum absolute atomic E-state index is 10.7. The second-order valence-electron chi connectivity index (χ2n) is 3.38. The number of nitro benzene ring substituents is 1. The summed E-state index contributed by atoms with van der Waals surface area (Å²) in [5, 5.41) is 10.7. The largest absolute Gasteiger partial charge is 0.270 e. The minimum atomic E-state index is -0.410. The van der Waals surface area contributed by atoms with E-state index in [0.29, 0.717) is 0 Å². The van der Waals surface area contributed by atoms with E-state index in [9.17, 15) is 10.1 Å². The summed E-state index contributed by atoms with van der Waals surface area (Å²) in [6, 6.07) is 4.75. The van der Waals surface area contributed by atoms with E-state index in [2.05, 4.69) is 9.97 Å². The van der Waals surface area contributed by atoms with Crippen molar-refractivity contribution < 1.29 is 4.92 Å². The number of hydrogen-bond acceptors (Lipinski definition) is 4. The highest BCUT2D eigenvalue weighted by Crippen LogP contribution is 2.26. The molecule has 2 aromatic rings. The molecule has 1 aromatic heterocycles. The lowest BCUT2D eigenvalue weighted by atomic mass is 10.0. The lowest BCUT2D eigenvalue weighted by Crippen LogP contribution is -1.91. The van der Waals surface area contributed by atoms with E-state index >= 15 is 0 Å². The molecule has 0 aliphatic rings. The van der Waals surface area contributed by atoms with Gasteiger partial charge in [-0.05, 0) is 18.1 Å². The lowest BCUT2D eigenvalue weighted by molar-refractivity contribution is -0.384. The van der Waals surface area contributed by atoms with Crippen LogP contribution in [0.15, 0.2) is 36.9 Å². The molecule has 5 nitrogen and oxygen atoms in total. The minimum absolute atomic E-state index is 0.0736. The van der Waals surface area contributed by atoms with Crippen LogP contribution in [0.5, 0.6) is 0 Å². The molecule has 2 rings (SSSR count). The van der Waals surface area contributed by atoms with Gasteiger partial charge in [-0.25, -0.2) is 9.97 Å². The zero-order chi connectivity index (χ0) is 11.5. The third kappa shape index (κ3) is 1.88. The Hall–Kier alpha value is -2.30. The normalized spacial score (nSPS) is 10.1. The number of rotatable bonds is 2. The Morgan fingerprint density at radius 1 is 1.25 bits per heavy atom. The fraction of sp³-hybridized carbons (Fsp3) is 0.0909. The number of benzene rings is 1. The van der Waals surface area contributed by atoms with Crippen molar-refractivity contribution >= 4 is 5.69 Å². The fourth-order valence-electron chi connectivity index (χ4n) is 1.47. The van der Waals surface area contributed by atoms with Crippen molar-refractivity contribution in [2.45, 2.75) is 6.92 Å². The zero-order valence-corrected chi connectivity index (χ0v) is 8.62. The summed E-state index contributed by atoms with van der Waals surface area (Å²) in [6.45, 7) is 1.89. The van der Waals surface area contributed by atoms with Crippen LogP contribution in [-0.4, -0.2) is 14.9 Å². The average molecular weight is 215 g/mol. The molecule has 0 fully saturated rings. The number of non-ortho nitro benzene ring substituents is 1. The minimum Gasteiger partial charge on any atom is -0.258 e. The highest BCUT2D eigenvalue weighted by atomic mass is 16.6. The van der Waals surface area contributed by atoms with E-state index in [1.165, 1.54) is 18.5 Å². The Kier molecular flexibility index (Phi) is 2.59. The van der Waals surface area contributed by atoms with Gasteiger partial charge in [0.2, 0.25) is 0 Å². The van der Waals surface area contributed by atoms with Gasteiger partial charge in [0.25, 0.3) is 5.69 Å². The van der Waals surface area contributed by atoms with Crippen LogP contribution in [0.4, 0.5) is 5.69 Å². The van der Waals surface area contributed by atoms with Crippen molar-refractivity contribution in [2.24, 2.45) is 0 Å². The van der Waals surface area contributed by atoms with Gasteiger partial charge in [0.05, 0.1) is 4.92 Å². The van der Waals surface area contributed by atoms with Crippen molar-refractivity contribution in [1.82, 2.24) is 9.97 Å². The summed E-state index contributed by atoms with van der Waals surface area (Å²) in [5.74, 6) is 0. The van der Waals surface area contributed by atoms with Crippen molar-refractivity contribution in [3.63, 3.8) is 0 Å². The van der Waals surface area contributed by atoms with Gasteiger partial charge in [-0.3, -0.25) is 10.1 Å². The van der Waals surface area contributed by atoms with Crippen LogP contribution < -0.4 is 0 Å². The van der Waals surface area contributed by atoms with Crippen molar-refractivity contribution in [2.75, 3.05) is 0 Å². The molecule has 0 N–H and O–H groups in total. The molecule has 0 unspecified atom stereocenters. The van der Waals surface area contributed by atoms with Crippen LogP contribution in [0, 0.1) is 17.0 Å². The van der Waals surface area contributed by atoms with E-state index in [0.717, 1.165) is 16.7 Å². The first kappa shape index (κ1) is 10.2. The molecule has 1 heterocycles. The van der Waals surface area contributed by atoms with Crippen molar-refractivity contribution in [3.05, 3.63) is 52.6 Å². The highest BCUT2D eigenvalue weighted by molar-refractivity contribution is 5.68. The number of aromatic nitrogens is 2. The van der Waals surface area contributed by atoms with E-state index in [1.54, 1.807) is 18.5 Å². The molecule has 0 atom stereocenters. The molecule has 0 bridgehead atoms. The molecule has 0 amide bonds. The maximum atomic E-state index is 10.7.